The molecule has 1 aromatic carbocycles. The van der Waals surface area contributed by atoms with Crippen LogP contribution in [0.4, 0.5) is 4.79 Å². The Hall–Kier alpha value is -1.59. The molecule has 1 fully saturated rings. The number of nitrogens with one attached hydrogen (secondary N) is 2. The van der Waals surface area contributed by atoms with Gasteiger partial charge in [-0.25, -0.2) is 4.79 Å². The van der Waals surface area contributed by atoms with Crippen molar-refractivity contribution < 1.29 is 9.53 Å². The molecule has 1 heterocycles. The number of piperidine rings is 1. The summed E-state index contributed by atoms with van der Waals surface area (Å²) in [6.45, 7) is 7.83. The average molecular weight is 348 g/mol. The Morgan fingerprint density at radius 1 is 1.20 bits per heavy atom. The van der Waals surface area contributed by atoms with E-state index in [9.17, 15) is 4.79 Å². The SMILES string of the molecule is COCc1cccc(CNC(=O)NCCCCN2CCC(C)CC2)c1. The number of nitrogens with zero attached hydrogens (tertiary/aromatic N) is 1. The van der Waals surface area contributed by atoms with Gasteiger partial charge in [0.15, 0.2) is 0 Å². The third-order valence-corrected chi connectivity index (χ3v) is 4.82. The predicted octanol–water partition coefficient (Wildman–Crippen LogP) is 3.14. The van der Waals surface area contributed by atoms with Gasteiger partial charge in [0, 0.05) is 20.2 Å². The van der Waals surface area contributed by atoms with E-state index in [4.69, 9.17) is 4.74 Å². The molecular formula is C20H33N3O2. The average Bonchev–Trinajstić information content (AvgIpc) is 2.62. The molecule has 0 spiro atoms. The fourth-order valence-electron chi connectivity index (χ4n) is 3.19. The minimum Gasteiger partial charge on any atom is -0.380 e. The lowest BCUT2D eigenvalue weighted by Gasteiger charge is -2.30. The van der Waals surface area contributed by atoms with Crippen molar-refractivity contribution in [1.29, 1.82) is 0 Å². The number of hydrogen-bond donors (Lipinski definition) is 2. The van der Waals surface area contributed by atoms with E-state index in [1.165, 1.54) is 25.9 Å². The molecule has 0 aromatic heterocycles. The maximum atomic E-state index is 11.9. The first kappa shape index (κ1) is 19.7. The maximum Gasteiger partial charge on any atom is 0.315 e. The smallest absolute Gasteiger partial charge is 0.315 e. The molecule has 1 aliphatic heterocycles. The normalized spacial score (nSPS) is 15.9. The van der Waals surface area contributed by atoms with Gasteiger partial charge in [0.1, 0.15) is 0 Å². The molecule has 1 aromatic rings. The zero-order chi connectivity index (χ0) is 17.9. The van der Waals surface area contributed by atoms with Crippen LogP contribution in [0.3, 0.4) is 0 Å². The highest BCUT2D eigenvalue weighted by atomic mass is 16.5. The van der Waals surface area contributed by atoms with Gasteiger partial charge in [-0.3, -0.25) is 0 Å². The van der Waals surface area contributed by atoms with Crippen LogP contribution in [0.2, 0.25) is 0 Å². The van der Waals surface area contributed by atoms with Gasteiger partial charge in [0.25, 0.3) is 0 Å². The van der Waals surface area contributed by atoms with Crippen molar-refractivity contribution in [3.63, 3.8) is 0 Å². The number of unbranched alkanes of at least 4 members (excludes halogenated alkanes) is 1. The number of amides is 2. The van der Waals surface area contributed by atoms with E-state index < -0.39 is 0 Å². The van der Waals surface area contributed by atoms with E-state index in [1.807, 2.05) is 18.2 Å². The van der Waals surface area contributed by atoms with Crippen LogP contribution < -0.4 is 10.6 Å². The summed E-state index contributed by atoms with van der Waals surface area (Å²) in [6.07, 6.45) is 4.83. The molecule has 2 amide bonds. The highest BCUT2D eigenvalue weighted by Crippen LogP contribution is 2.16. The lowest BCUT2D eigenvalue weighted by Crippen LogP contribution is -2.36. The van der Waals surface area contributed by atoms with Gasteiger partial charge in [-0.15, -0.1) is 0 Å². The van der Waals surface area contributed by atoms with Crippen molar-refractivity contribution >= 4 is 6.03 Å². The summed E-state index contributed by atoms with van der Waals surface area (Å²) in [5.74, 6) is 0.886. The molecule has 0 unspecified atom stereocenters. The van der Waals surface area contributed by atoms with Crippen molar-refractivity contribution in [2.24, 2.45) is 5.92 Å². The summed E-state index contributed by atoms with van der Waals surface area (Å²) in [7, 11) is 1.68. The van der Waals surface area contributed by atoms with Gasteiger partial charge in [-0.05, 0) is 62.4 Å². The number of carbonyl (C=O) groups is 1. The summed E-state index contributed by atoms with van der Waals surface area (Å²) < 4.78 is 5.13. The molecule has 5 nitrogen and oxygen atoms in total. The highest BCUT2D eigenvalue weighted by Gasteiger charge is 2.14. The second kappa shape index (κ2) is 11.1. The Labute approximate surface area is 152 Å². The van der Waals surface area contributed by atoms with Gasteiger partial charge >= 0.3 is 6.03 Å². The molecule has 25 heavy (non-hydrogen) atoms. The standard InChI is InChI=1S/C20H33N3O2/c1-17-8-12-23(13-9-17)11-4-3-10-21-20(24)22-15-18-6-5-7-19(14-18)16-25-2/h5-7,14,17H,3-4,8-13,15-16H2,1-2H3,(H2,21,22,24). The quantitative estimate of drug-likeness (QED) is 0.675. The Morgan fingerprint density at radius 3 is 2.72 bits per heavy atom. The monoisotopic (exact) mass is 347 g/mol. The molecule has 2 N–H and O–H groups in total. The summed E-state index contributed by atoms with van der Waals surface area (Å²) in [6, 6.07) is 7.99. The molecule has 2 rings (SSSR count). The number of ether oxygens (including phenoxy) is 1. The molecule has 140 valence electrons. The maximum absolute atomic E-state index is 11.9. The van der Waals surface area contributed by atoms with E-state index in [2.05, 4.69) is 28.5 Å². The Balaban J connectivity index is 1.53. The minimum atomic E-state index is -0.0936. The van der Waals surface area contributed by atoms with Gasteiger partial charge < -0.3 is 20.3 Å². The zero-order valence-corrected chi connectivity index (χ0v) is 15.7. The molecule has 5 heteroatoms. The van der Waals surface area contributed by atoms with Crippen LogP contribution >= 0.6 is 0 Å². The second-order valence-electron chi connectivity index (χ2n) is 7.09. The van der Waals surface area contributed by atoms with Crippen molar-refractivity contribution in [3.05, 3.63) is 35.4 Å². The van der Waals surface area contributed by atoms with Gasteiger partial charge in [-0.2, -0.15) is 0 Å². The van der Waals surface area contributed by atoms with Crippen LogP contribution in [0.5, 0.6) is 0 Å². The number of benzene rings is 1. The number of likely N-dealkylation sites (tertiary alicyclic amines) is 1. The lowest BCUT2D eigenvalue weighted by atomic mass is 9.99. The van der Waals surface area contributed by atoms with Crippen LogP contribution in [0.1, 0.15) is 43.7 Å². The molecule has 0 saturated carbocycles. The molecule has 0 radical (unpaired) electrons. The third-order valence-electron chi connectivity index (χ3n) is 4.82. The second-order valence-corrected chi connectivity index (χ2v) is 7.09. The first-order valence-corrected chi connectivity index (χ1v) is 9.48. The fourth-order valence-corrected chi connectivity index (χ4v) is 3.19. The van der Waals surface area contributed by atoms with Gasteiger partial charge in [0.05, 0.1) is 6.61 Å². The Morgan fingerprint density at radius 2 is 1.96 bits per heavy atom. The molecular weight excluding hydrogens is 314 g/mol. The van der Waals surface area contributed by atoms with Crippen LogP contribution in [-0.2, 0) is 17.9 Å². The number of rotatable bonds is 9. The summed E-state index contributed by atoms with van der Waals surface area (Å²) in [5.41, 5.74) is 2.21. The highest BCUT2D eigenvalue weighted by molar-refractivity contribution is 5.73. The number of hydrogen-bond acceptors (Lipinski definition) is 3. The van der Waals surface area contributed by atoms with Crippen LogP contribution in [0.25, 0.3) is 0 Å². The number of urea groups is 1. The largest absolute Gasteiger partial charge is 0.380 e. The minimum absolute atomic E-state index is 0.0936. The molecule has 0 atom stereocenters. The van der Waals surface area contributed by atoms with E-state index in [-0.39, 0.29) is 6.03 Å². The molecule has 1 saturated heterocycles. The number of carbonyl (C=O) groups excluding carboxylic acids is 1. The molecule has 0 bridgehead atoms. The van der Waals surface area contributed by atoms with Crippen LogP contribution in [-0.4, -0.2) is 44.2 Å². The van der Waals surface area contributed by atoms with Crippen molar-refractivity contribution in [2.45, 2.75) is 45.8 Å². The summed E-state index contributed by atoms with van der Waals surface area (Å²) in [5, 5.41) is 5.86. The van der Waals surface area contributed by atoms with E-state index >= 15 is 0 Å². The molecule has 1 aliphatic rings. The Bertz CT molecular complexity index is 513. The van der Waals surface area contributed by atoms with E-state index in [0.717, 1.165) is 43.0 Å². The summed E-state index contributed by atoms with van der Waals surface area (Å²) in [4.78, 5) is 14.4. The topological polar surface area (TPSA) is 53.6 Å². The lowest BCUT2D eigenvalue weighted by molar-refractivity contribution is 0.185. The van der Waals surface area contributed by atoms with Crippen molar-refractivity contribution in [1.82, 2.24) is 15.5 Å². The van der Waals surface area contributed by atoms with E-state index in [0.29, 0.717) is 13.2 Å². The first-order chi connectivity index (χ1) is 12.2. The predicted molar refractivity (Wildman–Crippen MR) is 101 cm³/mol. The number of methoxy groups -OCH3 is 1. The van der Waals surface area contributed by atoms with Crippen LogP contribution in [0, 0.1) is 5.92 Å². The summed E-state index contributed by atoms with van der Waals surface area (Å²) >= 11 is 0. The third kappa shape index (κ3) is 7.88. The zero-order valence-electron chi connectivity index (χ0n) is 15.7. The first-order valence-electron chi connectivity index (χ1n) is 9.48. The van der Waals surface area contributed by atoms with Crippen molar-refractivity contribution in [2.75, 3.05) is 33.3 Å². The fraction of sp³-hybridized carbons (Fsp3) is 0.650. The van der Waals surface area contributed by atoms with Gasteiger partial charge in [-0.1, -0.05) is 31.2 Å². The van der Waals surface area contributed by atoms with Crippen molar-refractivity contribution in [3.8, 4) is 0 Å². The Kier molecular flexibility index (Phi) is 8.77. The van der Waals surface area contributed by atoms with Crippen LogP contribution in [0.15, 0.2) is 24.3 Å². The van der Waals surface area contributed by atoms with E-state index in [1.54, 1.807) is 7.11 Å². The molecule has 0 aliphatic carbocycles. The van der Waals surface area contributed by atoms with Gasteiger partial charge in [0.2, 0.25) is 0 Å².